The number of aromatic nitrogens is 1. The van der Waals surface area contributed by atoms with Gasteiger partial charge >= 0.3 is 0 Å². The molecule has 0 aromatic carbocycles. The summed E-state index contributed by atoms with van der Waals surface area (Å²) in [6, 6.07) is 0.00922. The van der Waals surface area contributed by atoms with Crippen molar-refractivity contribution >= 4 is 42.1 Å². The first kappa shape index (κ1) is 15.6. The fraction of sp³-hybridized carbons (Fsp3) is 0.556. The molecule has 1 atom stereocenters. The molecule has 0 aliphatic carbocycles. The molecule has 2 heterocycles. The normalized spacial score (nSPS) is 18.4. The maximum Gasteiger partial charge on any atom is 0.237 e. The Labute approximate surface area is 111 Å². The minimum absolute atomic E-state index is 0. The molecule has 1 aliphatic rings. The van der Waals surface area contributed by atoms with Crippen molar-refractivity contribution in [1.29, 1.82) is 0 Å². The highest BCUT2D eigenvalue weighted by Crippen LogP contribution is 2.06. The molecular formula is C9H15Cl2N3OS. The first-order chi connectivity index (χ1) is 6.86. The van der Waals surface area contributed by atoms with Gasteiger partial charge in [-0.3, -0.25) is 4.79 Å². The Morgan fingerprint density at radius 1 is 1.62 bits per heavy atom. The fourth-order valence-electron chi connectivity index (χ4n) is 1.53. The van der Waals surface area contributed by atoms with Gasteiger partial charge < -0.3 is 10.6 Å². The Balaban J connectivity index is 0.00000112. The Morgan fingerprint density at radius 2 is 2.44 bits per heavy atom. The molecule has 0 unspecified atom stereocenters. The lowest BCUT2D eigenvalue weighted by Gasteiger charge is -2.09. The minimum Gasteiger partial charge on any atom is -0.348 e. The van der Waals surface area contributed by atoms with Gasteiger partial charge in [-0.25, -0.2) is 4.98 Å². The van der Waals surface area contributed by atoms with Crippen molar-refractivity contribution in [3.8, 4) is 0 Å². The number of carbonyl (C=O) groups is 1. The number of rotatable bonds is 3. The molecule has 4 nitrogen and oxygen atoms in total. The third kappa shape index (κ3) is 4.25. The molecule has 1 aliphatic heterocycles. The summed E-state index contributed by atoms with van der Waals surface area (Å²) in [5.74, 6) is 0.0951. The van der Waals surface area contributed by atoms with Crippen LogP contribution in [0.4, 0.5) is 0 Å². The summed E-state index contributed by atoms with van der Waals surface area (Å²) in [4.78, 5) is 15.6. The smallest absolute Gasteiger partial charge is 0.237 e. The van der Waals surface area contributed by atoms with Crippen LogP contribution < -0.4 is 10.6 Å². The SMILES string of the molecule is Cl.Cl.O=C(NCc1nccs1)[C@@H]1CCCN1. The number of hydrogen-bond acceptors (Lipinski definition) is 4. The van der Waals surface area contributed by atoms with Gasteiger partial charge in [0.25, 0.3) is 0 Å². The molecule has 0 bridgehead atoms. The largest absolute Gasteiger partial charge is 0.348 e. The number of thiazole rings is 1. The highest BCUT2D eigenvalue weighted by atomic mass is 35.5. The minimum atomic E-state index is 0. The molecule has 0 radical (unpaired) electrons. The maximum atomic E-state index is 11.5. The first-order valence-corrected chi connectivity index (χ1v) is 5.64. The van der Waals surface area contributed by atoms with Crippen molar-refractivity contribution in [1.82, 2.24) is 15.6 Å². The summed E-state index contributed by atoms with van der Waals surface area (Å²) in [5, 5.41) is 8.90. The zero-order valence-electron chi connectivity index (χ0n) is 8.64. The van der Waals surface area contributed by atoms with Gasteiger partial charge in [0.15, 0.2) is 0 Å². The predicted molar refractivity (Wildman–Crippen MR) is 69.5 cm³/mol. The Hall–Kier alpha value is -0.360. The van der Waals surface area contributed by atoms with Crippen LogP contribution >= 0.6 is 36.2 Å². The third-order valence-corrected chi connectivity index (χ3v) is 3.05. The lowest BCUT2D eigenvalue weighted by molar-refractivity contribution is -0.122. The van der Waals surface area contributed by atoms with E-state index in [0.717, 1.165) is 24.4 Å². The van der Waals surface area contributed by atoms with Gasteiger partial charge in [0.05, 0.1) is 12.6 Å². The van der Waals surface area contributed by atoms with Crippen LogP contribution in [0.1, 0.15) is 17.8 Å². The average molecular weight is 284 g/mol. The molecule has 0 saturated carbocycles. The second-order valence-corrected chi connectivity index (χ2v) is 4.27. The first-order valence-electron chi connectivity index (χ1n) is 4.76. The van der Waals surface area contributed by atoms with Crippen molar-refractivity contribution in [2.24, 2.45) is 0 Å². The zero-order valence-corrected chi connectivity index (χ0v) is 11.1. The van der Waals surface area contributed by atoms with Crippen LogP contribution in [-0.4, -0.2) is 23.5 Å². The van der Waals surface area contributed by atoms with Gasteiger partial charge in [-0.2, -0.15) is 0 Å². The standard InChI is InChI=1S/C9H13N3OS.2ClH/c13-9(7-2-1-3-10-7)12-6-8-11-4-5-14-8;;/h4-5,7,10H,1-3,6H2,(H,12,13);2*1H/t7-;;/m0../s1. The summed E-state index contributed by atoms with van der Waals surface area (Å²) in [6.45, 7) is 1.50. The second kappa shape index (κ2) is 7.84. The third-order valence-electron chi connectivity index (χ3n) is 2.27. The van der Waals surface area contributed by atoms with Gasteiger partial charge in [-0.15, -0.1) is 36.2 Å². The lowest BCUT2D eigenvalue weighted by Crippen LogP contribution is -2.39. The quantitative estimate of drug-likeness (QED) is 0.881. The molecule has 0 spiro atoms. The molecule has 1 aromatic rings. The van der Waals surface area contributed by atoms with Crippen molar-refractivity contribution in [2.45, 2.75) is 25.4 Å². The topological polar surface area (TPSA) is 54.0 Å². The summed E-state index contributed by atoms with van der Waals surface area (Å²) in [7, 11) is 0. The fourth-order valence-corrected chi connectivity index (χ4v) is 2.09. The summed E-state index contributed by atoms with van der Waals surface area (Å²) in [5.41, 5.74) is 0. The Morgan fingerprint density at radius 3 is 3.00 bits per heavy atom. The Kier molecular flexibility index (Phi) is 7.66. The number of hydrogen-bond donors (Lipinski definition) is 2. The summed E-state index contributed by atoms with van der Waals surface area (Å²) in [6.07, 6.45) is 3.79. The van der Waals surface area contributed by atoms with Gasteiger partial charge in [-0.05, 0) is 19.4 Å². The van der Waals surface area contributed by atoms with Crippen molar-refractivity contribution in [3.05, 3.63) is 16.6 Å². The maximum absolute atomic E-state index is 11.5. The van der Waals surface area contributed by atoms with E-state index in [1.807, 2.05) is 5.38 Å². The van der Waals surface area contributed by atoms with E-state index < -0.39 is 0 Å². The lowest BCUT2D eigenvalue weighted by atomic mass is 10.2. The molecule has 1 amide bonds. The van der Waals surface area contributed by atoms with Crippen molar-refractivity contribution in [2.75, 3.05) is 6.54 Å². The van der Waals surface area contributed by atoms with E-state index in [0.29, 0.717) is 6.54 Å². The number of nitrogens with one attached hydrogen (secondary N) is 2. The molecule has 7 heteroatoms. The van der Waals surface area contributed by atoms with E-state index in [1.54, 1.807) is 17.5 Å². The van der Waals surface area contributed by atoms with Crippen LogP contribution in [0, 0.1) is 0 Å². The monoisotopic (exact) mass is 283 g/mol. The highest BCUT2D eigenvalue weighted by molar-refractivity contribution is 7.09. The molecule has 2 rings (SSSR count). The molecule has 16 heavy (non-hydrogen) atoms. The Bertz CT molecular complexity index is 302. The average Bonchev–Trinajstić information content (AvgIpc) is 2.87. The number of nitrogens with zero attached hydrogens (tertiary/aromatic N) is 1. The van der Waals surface area contributed by atoms with E-state index in [4.69, 9.17) is 0 Å². The second-order valence-electron chi connectivity index (χ2n) is 3.29. The van der Waals surface area contributed by atoms with E-state index in [9.17, 15) is 4.79 Å². The van der Waals surface area contributed by atoms with Crippen LogP contribution in [0.15, 0.2) is 11.6 Å². The van der Waals surface area contributed by atoms with Crippen molar-refractivity contribution < 1.29 is 4.79 Å². The van der Waals surface area contributed by atoms with Crippen LogP contribution in [0.3, 0.4) is 0 Å². The van der Waals surface area contributed by atoms with Gasteiger partial charge in [0.2, 0.25) is 5.91 Å². The molecule has 1 fully saturated rings. The molecular weight excluding hydrogens is 269 g/mol. The molecule has 1 saturated heterocycles. The zero-order chi connectivity index (χ0) is 9.80. The van der Waals surface area contributed by atoms with Crippen LogP contribution in [0.5, 0.6) is 0 Å². The van der Waals surface area contributed by atoms with Gasteiger partial charge in [0, 0.05) is 11.6 Å². The van der Waals surface area contributed by atoms with Crippen LogP contribution in [-0.2, 0) is 11.3 Å². The van der Waals surface area contributed by atoms with Crippen LogP contribution in [0.2, 0.25) is 0 Å². The molecule has 92 valence electrons. The number of amides is 1. The van der Waals surface area contributed by atoms with Gasteiger partial charge in [-0.1, -0.05) is 0 Å². The number of carbonyl (C=O) groups excluding carboxylic acids is 1. The van der Waals surface area contributed by atoms with Crippen molar-refractivity contribution in [3.63, 3.8) is 0 Å². The predicted octanol–water partition coefficient (Wildman–Crippen LogP) is 1.35. The van der Waals surface area contributed by atoms with E-state index >= 15 is 0 Å². The number of halogens is 2. The molecule has 1 aromatic heterocycles. The summed E-state index contributed by atoms with van der Waals surface area (Å²) >= 11 is 1.56. The molecule has 2 N–H and O–H groups in total. The van der Waals surface area contributed by atoms with Gasteiger partial charge in [0.1, 0.15) is 5.01 Å². The summed E-state index contributed by atoms with van der Waals surface area (Å²) < 4.78 is 0. The van der Waals surface area contributed by atoms with E-state index in [2.05, 4.69) is 15.6 Å². The highest BCUT2D eigenvalue weighted by Gasteiger charge is 2.21. The van der Waals surface area contributed by atoms with E-state index in [1.165, 1.54) is 0 Å². The van der Waals surface area contributed by atoms with Crippen LogP contribution in [0.25, 0.3) is 0 Å². The van der Waals surface area contributed by atoms with E-state index in [-0.39, 0.29) is 36.8 Å².